The van der Waals surface area contributed by atoms with Crippen molar-refractivity contribution in [2.45, 2.75) is 38.6 Å². The van der Waals surface area contributed by atoms with Crippen LogP contribution in [0.3, 0.4) is 0 Å². The molecule has 3 heterocycles. The number of rotatable bonds is 7. The number of furan rings is 1. The van der Waals surface area contributed by atoms with E-state index in [4.69, 9.17) is 9.15 Å². The number of piperidine rings is 1. The molecule has 3 amide bonds. The van der Waals surface area contributed by atoms with Crippen LogP contribution in [-0.4, -0.2) is 73.5 Å². The number of hydrogen-bond acceptors (Lipinski definition) is 5. The van der Waals surface area contributed by atoms with Crippen molar-refractivity contribution in [3.63, 3.8) is 0 Å². The second-order valence-electron chi connectivity index (χ2n) is 7.50. The van der Waals surface area contributed by atoms with Gasteiger partial charge in [0, 0.05) is 39.9 Å². The molecule has 2 saturated heterocycles. The van der Waals surface area contributed by atoms with Gasteiger partial charge in [0.2, 0.25) is 11.8 Å². The molecule has 1 aromatic heterocycles. The summed E-state index contributed by atoms with van der Waals surface area (Å²) in [5.41, 5.74) is -0.551. The molecule has 8 nitrogen and oxygen atoms in total. The van der Waals surface area contributed by atoms with Gasteiger partial charge in [-0.15, -0.1) is 0 Å². The lowest BCUT2D eigenvalue weighted by molar-refractivity contribution is -0.140. The summed E-state index contributed by atoms with van der Waals surface area (Å²) in [6, 6.07) is 2.90. The number of carbonyl (C=O) groups is 3. The predicted molar refractivity (Wildman–Crippen MR) is 102 cm³/mol. The van der Waals surface area contributed by atoms with E-state index in [9.17, 15) is 14.4 Å². The molecule has 1 N–H and O–H groups in total. The molecule has 3 rings (SSSR count). The number of ether oxygens (including phenoxy) is 1. The molecule has 8 heteroatoms. The largest absolute Gasteiger partial charge is 0.459 e. The summed E-state index contributed by atoms with van der Waals surface area (Å²) in [5, 5.41) is 2.92. The van der Waals surface area contributed by atoms with Crippen molar-refractivity contribution in [3.05, 3.63) is 24.2 Å². The minimum absolute atomic E-state index is 0.0390. The van der Waals surface area contributed by atoms with Crippen LogP contribution >= 0.6 is 0 Å². The van der Waals surface area contributed by atoms with Crippen LogP contribution in [0, 0.1) is 5.41 Å². The minimum atomic E-state index is -0.551. The quantitative estimate of drug-likeness (QED) is 0.707. The molecule has 0 bridgehead atoms. The molecule has 28 heavy (non-hydrogen) atoms. The predicted octanol–water partition coefficient (Wildman–Crippen LogP) is 1.28. The van der Waals surface area contributed by atoms with Gasteiger partial charge in [0.05, 0.1) is 11.7 Å². The average molecular weight is 391 g/mol. The molecule has 1 spiro atoms. The summed E-state index contributed by atoms with van der Waals surface area (Å²) >= 11 is 0. The van der Waals surface area contributed by atoms with E-state index in [-0.39, 0.29) is 17.7 Å². The van der Waals surface area contributed by atoms with E-state index in [0.29, 0.717) is 57.8 Å². The van der Waals surface area contributed by atoms with Crippen LogP contribution in [0.5, 0.6) is 0 Å². The van der Waals surface area contributed by atoms with Crippen molar-refractivity contribution in [2.75, 3.05) is 39.9 Å². The third kappa shape index (κ3) is 3.92. The number of likely N-dealkylation sites (N-methyl/N-ethyl adjacent to an activating group) is 1. The van der Waals surface area contributed by atoms with Gasteiger partial charge in [0.25, 0.3) is 5.91 Å². The molecule has 2 aliphatic heterocycles. The number of nitrogens with zero attached hydrogens (tertiary/aromatic N) is 2. The van der Waals surface area contributed by atoms with E-state index in [1.54, 1.807) is 29.0 Å². The molecular formula is C20H29N3O5. The maximum Gasteiger partial charge on any atom is 0.289 e. The van der Waals surface area contributed by atoms with Crippen molar-refractivity contribution in [3.8, 4) is 0 Å². The normalized spacial score (nSPS) is 21.4. The highest BCUT2D eigenvalue weighted by atomic mass is 16.5. The fourth-order valence-corrected chi connectivity index (χ4v) is 4.27. The molecule has 2 aliphatic rings. The molecule has 0 saturated carbocycles. The molecule has 1 unspecified atom stereocenters. The zero-order chi connectivity index (χ0) is 20.1. The first-order valence-corrected chi connectivity index (χ1v) is 9.93. The number of methoxy groups -OCH3 is 1. The Morgan fingerprint density at radius 1 is 1.36 bits per heavy atom. The molecule has 1 aromatic rings. The van der Waals surface area contributed by atoms with E-state index in [0.717, 1.165) is 6.42 Å². The number of nitrogens with one attached hydrogen (secondary N) is 1. The average Bonchev–Trinajstić information content (AvgIpc) is 3.33. The maximum absolute atomic E-state index is 13.1. The Kier molecular flexibility index (Phi) is 6.39. The minimum Gasteiger partial charge on any atom is -0.459 e. The van der Waals surface area contributed by atoms with Gasteiger partial charge in [-0.05, 0) is 44.7 Å². The molecule has 0 radical (unpaired) electrons. The van der Waals surface area contributed by atoms with Gasteiger partial charge < -0.3 is 24.3 Å². The van der Waals surface area contributed by atoms with Crippen molar-refractivity contribution >= 4 is 17.7 Å². The van der Waals surface area contributed by atoms with E-state index < -0.39 is 11.5 Å². The summed E-state index contributed by atoms with van der Waals surface area (Å²) in [5.74, 6) is 0.108. The first-order chi connectivity index (χ1) is 13.5. The second-order valence-corrected chi connectivity index (χ2v) is 7.50. The Bertz CT molecular complexity index is 695. The van der Waals surface area contributed by atoms with E-state index in [1.807, 2.05) is 6.92 Å². The Hall–Kier alpha value is -2.35. The highest BCUT2D eigenvalue weighted by Crippen LogP contribution is 2.44. The van der Waals surface area contributed by atoms with E-state index in [2.05, 4.69) is 5.32 Å². The van der Waals surface area contributed by atoms with Crippen molar-refractivity contribution < 1.29 is 23.5 Å². The Morgan fingerprint density at radius 2 is 2.11 bits per heavy atom. The summed E-state index contributed by atoms with van der Waals surface area (Å²) < 4.78 is 10.2. The maximum atomic E-state index is 13.1. The van der Waals surface area contributed by atoms with Crippen LogP contribution in [0.1, 0.15) is 43.2 Å². The molecule has 0 aromatic carbocycles. The van der Waals surface area contributed by atoms with Gasteiger partial charge in [-0.1, -0.05) is 0 Å². The van der Waals surface area contributed by atoms with Crippen LogP contribution in [0.25, 0.3) is 0 Å². The van der Waals surface area contributed by atoms with Gasteiger partial charge in [0.15, 0.2) is 5.76 Å². The zero-order valence-corrected chi connectivity index (χ0v) is 16.6. The fourth-order valence-electron chi connectivity index (χ4n) is 4.27. The molecular weight excluding hydrogens is 362 g/mol. The molecule has 1 atom stereocenters. The number of carbonyl (C=O) groups excluding carboxylic acids is 3. The zero-order valence-electron chi connectivity index (χ0n) is 16.6. The monoisotopic (exact) mass is 391 g/mol. The molecule has 2 fully saturated rings. The fraction of sp³-hybridized carbons (Fsp3) is 0.650. The lowest BCUT2D eigenvalue weighted by Crippen LogP contribution is -2.47. The lowest BCUT2D eigenvalue weighted by Gasteiger charge is -2.37. The van der Waals surface area contributed by atoms with Crippen LogP contribution in [0.2, 0.25) is 0 Å². The topological polar surface area (TPSA) is 92.1 Å². The Morgan fingerprint density at radius 3 is 2.71 bits per heavy atom. The van der Waals surface area contributed by atoms with Crippen LogP contribution in [0.4, 0.5) is 0 Å². The molecule has 0 aliphatic carbocycles. The lowest BCUT2D eigenvalue weighted by atomic mass is 9.76. The van der Waals surface area contributed by atoms with Crippen LogP contribution in [0.15, 0.2) is 22.8 Å². The number of likely N-dealkylation sites (tertiary alicyclic amines) is 2. The first kappa shape index (κ1) is 20.4. The van der Waals surface area contributed by atoms with Gasteiger partial charge in [0.1, 0.15) is 6.04 Å². The van der Waals surface area contributed by atoms with Crippen molar-refractivity contribution in [1.82, 2.24) is 15.1 Å². The standard InChI is InChI=1S/C20H29N3O5/c1-3-23-15(17(24)21-9-5-12-27-2)14-20(19(23)26)7-10-22(11-8-20)18(25)16-6-4-13-28-16/h4,6,13,15H,3,5,7-12,14H2,1-2H3,(H,21,24). The summed E-state index contributed by atoms with van der Waals surface area (Å²) in [6.07, 6.45) is 3.88. The molecule has 154 valence electrons. The van der Waals surface area contributed by atoms with Gasteiger partial charge in [-0.3, -0.25) is 14.4 Å². The van der Waals surface area contributed by atoms with E-state index in [1.165, 1.54) is 6.26 Å². The Balaban J connectivity index is 1.62. The van der Waals surface area contributed by atoms with Gasteiger partial charge in [-0.2, -0.15) is 0 Å². The van der Waals surface area contributed by atoms with Crippen LogP contribution < -0.4 is 5.32 Å². The Labute approximate surface area is 165 Å². The highest BCUT2D eigenvalue weighted by molar-refractivity contribution is 5.95. The van der Waals surface area contributed by atoms with Crippen molar-refractivity contribution in [1.29, 1.82) is 0 Å². The van der Waals surface area contributed by atoms with E-state index >= 15 is 0 Å². The SMILES string of the molecule is CCN1C(=O)C2(CCN(C(=O)c3ccco3)CC2)CC1C(=O)NCCCOC. The van der Waals surface area contributed by atoms with Gasteiger partial charge >= 0.3 is 0 Å². The second kappa shape index (κ2) is 8.77. The highest BCUT2D eigenvalue weighted by Gasteiger charge is 2.54. The van der Waals surface area contributed by atoms with Crippen molar-refractivity contribution in [2.24, 2.45) is 5.41 Å². The third-order valence-corrected chi connectivity index (χ3v) is 5.88. The summed E-state index contributed by atoms with van der Waals surface area (Å²) in [6.45, 7) is 4.51. The summed E-state index contributed by atoms with van der Waals surface area (Å²) in [4.78, 5) is 41.7. The first-order valence-electron chi connectivity index (χ1n) is 9.93. The number of hydrogen-bond donors (Lipinski definition) is 1. The smallest absolute Gasteiger partial charge is 0.289 e. The van der Waals surface area contributed by atoms with Gasteiger partial charge in [-0.25, -0.2) is 0 Å². The summed E-state index contributed by atoms with van der Waals surface area (Å²) in [7, 11) is 1.63. The van der Waals surface area contributed by atoms with Crippen LogP contribution in [-0.2, 0) is 14.3 Å². The third-order valence-electron chi connectivity index (χ3n) is 5.88. The number of amides is 3.